The van der Waals surface area contributed by atoms with Crippen molar-refractivity contribution in [3.63, 3.8) is 0 Å². The van der Waals surface area contributed by atoms with Crippen LogP contribution in [0, 0.1) is 10.1 Å². The molecule has 2 N–H and O–H groups in total. The summed E-state index contributed by atoms with van der Waals surface area (Å²) < 4.78 is 0. The third kappa shape index (κ3) is 4.92. The van der Waals surface area contributed by atoms with Gasteiger partial charge in [-0.05, 0) is 0 Å². The second kappa shape index (κ2) is 5.79. The summed E-state index contributed by atoms with van der Waals surface area (Å²) in [5.41, 5.74) is 0. The molecule has 0 aliphatic rings. The molecular weight excluding hydrogens is 161 g/mol. The molecule has 70 valence electrons. The van der Waals surface area contributed by atoms with E-state index in [1.165, 1.54) is 0 Å². The van der Waals surface area contributed by atoms with Crippen molar-refractivity contribution in [1.29, 1.82) is 0 Å². The van der Waals surface area contributed by atoms with E-state index in [0.717, 1.165) is 5.01 Å². The van der Waals surface area contributed by atoms with Gasteiger partial charge in [0.05, 0.1) is 13.1 Å². The lowest BCUT2D eigenvalue weighted by Gasteiger charge is -2.14. The van der Waals surface area contributed by atoms with Crippen molar-refractivity contribution < 1.29 is 9.87 Å². The van der Waals surface area contributed by atoms with Crippen LogP contribution >= 0.6 is 0 Å². The van der Waals surface area contributed by atoms with Gasteiger partial charge in [0.2, 0.25) is 0 Å². The Labute approximate surface area is 71.8 Å². The Kier molecular flexibility index (Phi) is 5.39. The highest BCUT2D eigenvalue weighted by molar-refractivity contribution is 6.55. The zero-order chi connectivity index (χ0) is 9.56. The summed E-state index contributed by atoms with van der Waals surface area (Å²) in [6, 6.07) is 0. The maximum atomic E-state index is 10.4. The van der Waals surface area contributed by atoms with E-state index in [1.807, 2.05) is 13.6 Å². The predicted molar refractivity (Wildman–Crippen MR) is 46.2 cm³/mol. The third-order valence-electron chi connectivity index (χ3n) is 1.27. The molecule has 0 rings (SSSR count). The first-order valence-electron chi connectivity index (χ1n) is 3.78. The van der Waals surface area contributed by atoms with Gasteiger partial charge >= 0.3 is 0 Å². The van der Waals surface area contributed by atoms with Crippen LogP contribution in [0.15, 0.2) is 0 Å². The monoisotopic (exact) mass is 175 g/mol. The fourth-order valence-electron chi connectivity index (χ4n) is 0.819. The van der Waals surface area contributed by atoms with Gasteiger partial charge < -0.3 is 4.84 Å². The Morgan fingerprint density at radius 3 is 2.58 bits per heavy atom. The Bertz CT molecular complexity index is 144. The zero-order valence-corrected chi connectivity index (χ0v) is 7.40. The Morgan fingerprint density at radius 1 is 1.67 bits per heavy atom. The van der Waals surface area contributed by atoms with E-state index in [1.54, 1.807) is 0 Å². The average molecular weight is 175 g/mol. The van der Waals surface area contributed by atoms with Gasteiger partial charge in [-0.15, -0.1) is 5.01 Å². The summed E-state index contributed by atoms with van der Waals surface area (Å²) in [6.45, 7) is 4.49. The minimum atomic E-state index is -0.432. The van der Waals surface area contributed by atoms with Crippen molar-refractivity contribution in [1.82, 2.24) is 5.01 Å². The van der Waals surface area contributed by atoms with Crippen molar-refractivity contribution in [2.45, 2.75) is 13.6 Å². The van der Waals surface area contributed by atoms with Crippen molar-refractivity contribution in [2.24, 2.45) is 5.90 Å². The molecule has 0 unspecified atom stereocenters. The first-order valence-corrected chi connectivity index (χ1v) is 3.78. The van der Waals surface area contributed by atoms with E-state index >= 15 is 0 Å². The minimum absolute atomic E-state index is 0.174. The molecule has 0 radical (unpaired) electrons. The van der Waals surface area contributed by atoms with E-state index in [9.17, 15) is 10.1 Å². The fourth-order valence-corrected chi connectivity index (χ4v) is 0.819. The van der Waals surface area contributed by atoms with Gasteiger partial charge in [-0.3, -0.25) is 0 Å². The summed E-state index contributed by atoms with van der Waals surface area (Å²) in [5.74, 6) is 4.76. The van der Waals surface area contributed by atoms with Crippen LogP contribution in [0.25, 0.3) is 0 Å². The second-order valence-corrected chi connectivity index (χ2v) is 2.92. The van der Waals surface area contributed by atoms with E-state index in [0.29, 0.717) is 6.44 Å². The highest BCUT2D eigenvalue weighted by Crippen LogP contribution is 1.91. The van der Waals surface area contributed by atoms with Gasteiger partial charge in [-0.1, -0.05) is 13.6 Å². The van der Waals surface area contributed by atoms with Gasteiger partial charge in [-0.25, -0.2) is 16.0 Å². The lowest BCUT2D eigenvalue weighted by Crippen LogP contribution is -2.39. The van der Waals surface area contributed by atoms with Crippen molar-refractivity contribution in [3.05, 3.63) is 10.1 Å². The number of hydrogen-bond acceptors (Lipinski definition) is 4. The minimum Gasteiger partial charge on any atom is -0.303 e. The molecule has 12 heavy (non-hydrogen) atoms. The molecule has 0 aromatic carbocycles. The molecule has 0 bridgehead atoms. The number of hydrazine groups is 1. The quantitative estimate of drug-likeness (QED) is 0.339. The summed E-state index contributed by atoms with van der Waals surface area (Å²) in [4.78, 5) is 14.6. The summed E-state index contributed by atoms with van der Waals surface area (Å²) in [5, 5.41) is 11.0. The molecule has 0 spiro atoms. The van der Waals surface area contributed by atoms with Crippen LogP contribution in [0.5, 0.6) is 0 Å². The van der Waals surface area contributed by atoms with E-state index < -0.39 is 5.03 Å². The molecule has 0 aromatic rings. The summed E-state index contributed by atoms with van der Waals surface area (Å²) in [7, 11) is 0. The number of rotatable bonds is 6. The number of nitrogens with zero attached hydrogens (tertiary/aromatic N) is 2. The van der Waals surface area contributed by atoms with Crippen LogP contribution in [-0.4, -0.2) is 36.3 Å². The first-order chi connectivity index (χ1) is 5.57. The smallest absolute Gasteiger partial charge is 0.164 e. The van der Waals surface area contributed by atoms with E-state index in [2.05, 4.69) is 4.84 Å². The highest BCUT2D eigenvalue weighted by atomic mass is 16.7. The van der Waals surface area contributed by atoms with Crippen molar-refractivity contribution in [2.75, 3.05) is 19.6 Å². The molecule has 0 amide bonds. The zero-order valence-electron chi connectivity index (χ0n) is 7.40. The Morgan fingerprint density at radius 2 is 2.25 bits per heavy atom. The van der Waals surface area contributed by atoms with Gasteiger partial charge in [-0.2, -0.15) is 0 Å². The van der Waals surface area contributed by atoms with E-state index in [4.69, 9.17) is 5.90 Å². The highest BCUT2D eigenvalue weighted by Gasteiger charge is 2.16. The second-order valence-electron chi connectivity index (χ2n) is 2.92. The predicted octanol–water partition coefficient (Wildman–Crippen LogP) is -0.336. The maximum absolute atomic E-state index is 10.4. The Hall–Kier alpha value is -0.815. The van der Waals surface area contributed by atoms with Crippen LogP contribution in [0.4, 0.5) is 0 Å². The van der Waals surface area contributed by atoms with Gasteiger partial charge in [0.15, 0.2) is 11.7 Å². The van der Waals surface area contributed by atoms with Crippen molar-refractivity contribution in [3.8, 4) is 0 Å². The molecular formula is C5H14BN3O3. The topological polar surface area (TPSA) is 81.6 Å². The van der Waals surface area contributed by atoms with Crippen LogP contribution in [-0.2, 0) is 4.84 Å². The lowest BCUT2D eigenvalue weighted by molar-refractivity contribution is -0.652. The molecule has 0 saturated carbocycles. The SMILES string of the molecule is CB(C)CN(CCON)[N+](=O)[O-]. The molecule has 7 heteroatoms. The van der Waals surface area contributed by atoms with Gasteiger partial charge in [0.25, 0.3) is 0 Å². The molecule has 0 aromatic heterocycles. The number of hydrogen-bond donors (Lipinski definition) is 1. The fraction of sp³-hybridized carbons (Fsp3) is 1.00. The normalized spacial score (nSPS) is 9.58. The van der Waals surface area contributed by atoms with Crippen LogP contribution in [0.3, 0.4) is 0 Å². The van der Waals surface area contributed by atoms with Gasteiger partial charge in [0.1, 0.15) is 6.54 Å². The standard InChI is InChI=1S/C5H14BN3O3/c1-6(2)5-8(9(10)11)3-4-12-7/h3-5,7H2,1-2H3. The van der Waals surface area contributed by atoms with Crippen molar-refractivity contribution >= 4 is 6.71 Å². The maximum Gasteiger partial charge on any atom is 0.164 e. The van der Waals surface area contributed by atoms with Crippen LogP contribution in [0.2, 0.25) is 13.6 Å². The van der Waals surface area contributed by atoms with Crippen LogP contribution in [0.1, 0.15) is 0 Å². The number of nitrogens with two attached hydrogens (primary N) is 1. The summed E-state index contributed by atoms with van der Waals surface area (Å²) >= 11 is 0. The lowest BCUT2D eigenvalue weighted by atomic mass is 9.55. The van der Waals surface area contributed by atoms with Gasteiger partial charge in [0, 0.05) is 0 Å². The molecule has 0 atom stereocenters. The summed E-state index contributed by atoms with van der Waals surface area (Å²) in [6.07, 6.45) is 0.413. The number of nitro groups is 1. The molecule has 0 heterocycles. The van der Waals surface area contributed by atoms with E-state index in [-0.39, 0.29) is 19.9 Å². The molecule has 0 aliphatic carbocycles. The third-order valence-corrected chi connectivity index (χ3v) is 1.27. The molecule has 6 nitrogen and oxygen atoms in total. The molecule has 0 aliphatic heterocycles. The molecule has 0 saturated heterocycles. The first kappa shape index (κ1) is 11.2. The Balaban J connectivity index is 3.78. The average Bonchev–Trinajstić information content (AvgIpc) is 1.96. The van der Waals surface area contributed by atoms with Crippen LogP contribution < -0.4 is 5.90 Å². The largest absolute Gasteiger partial charge is 0.303 e. The molecule has 0 fully saturated rings.